The van der Waals surface area contributed by atoms with Crippen molar-refractivity contribution in [3.63, 3.8) is 0 Å². The van der Waals surface area contributed by atoms with E-state index in [9.17, 15) is 22.8 Å². The van der Waals surface area contributed by atoms with Crippen LogP contribution in [0.1, 0.15) is 69.4 Å². The highest BCUT2D eigenvalue weighted by atomic mass is 31.0. The average molecular weight is 606 g/mol. The number of benzene rings is 1. The molecule has 3 aromatic rings. The molecule has 13 heteroatoms. The summed E-state index contributed by atoms with van der Waals surface area (Å²) in [5, 5.41) is 0. The van der Waals surface area contributed by atoms with Crippen molar-refractivity contribution in [3.8, 4) is 11.3 Å². The van der Waals surface area contributed by atoms with E-state index in [4.69, 9.17) is 15.2 Å². The number of amides is 1. The summed E-state index contributed by atoms with van der Waals surface area (Å²) >= 11 is 0. The molecule has 0 spiro atoms. The van der Waals surface area contributed by atoms with Crippen LogP contribution in [0.15, 0.2) is 42.7 Å². The number of ether oxygens (including phenoxy) is 2. The molecule has 1 atom stereocenters. The number of unbranched alkanes of at least 4 members (excludes halogenated alkanes) is 5. The zero-order chi connectivity index (χ0) is 30.3. The van der Waals surface area contributed by atoms with Crippen molar-refractivity contribution in [2.75, 3.05) is 11.7 Å². The summed E-state index contributed by atoms with van der Waals surface area (Å²) in [4.78, 5) is 36.7. The Bertz CT molecular complexity index is 1380. The quantitative estimate of drug-likeness (QED) is 0.0907. The van der Waals surface area contributed by atoms with Gasteiger partial charge < -0.3 is 15.2 Å². The Labute approximate surface area is 244 Å². The second kappa shape index (κ2) is 13.6. The molecule has 2 heterocycles. The van der Waals surface area contributed by atoms with Gasteiger partial charge in [0.2, 0.25) is 18.7 Å². The summed E-state index contributed by atoms with van der Waals surface area (Å²) in [7, 11) is 1.53. The molecule has 2 aromatic heterocycles. The topological polar surface area (TPSA) is 123 Å². The molecule has 4 rings (SSSR count). The van der Waals surface area contributed by atoms with Gasteiger partial charge in [-0.3, -0.25) is 9.97 Å². The normalized spacial score (nSPS) is 14.0. The molecule has 1 fully saturated rings. The maximum atomic E-state index is 15.0. The molecule has 0 saturated heterocycles. The lowest BCUT2D eigenvalue weighted by atomic mass is 9.99. The van der Waals surface area contributed by atoms with Crippen molar-refractivity contribution in [3.05, 3.63) is 59.8 Å². The fraction of sp³-hybridized carbons (Fsp3) is 0.448. The molecule has 0 radical (unpaired) electrons. The number of esters is 1. The second-order valence-electron chi connectivity index (χ2n) is 10.4. The summed E-state index contributed by atoms with van der Waals surface area (Å²) in [5.41, 5.74) is 1.64. The third-order valence-electron chi connectivity index (χ3n) is 7.05. The van der Waals surface area contributed by atoms with Crippen molar-refractivity contribution in [2.24, 2.45) is 5.73 Å². The maximum absolute atomic E-state index is 15.0. The molecule has 226 valence electrons. The van der Waals surface area contributed by atoms with Crippen molar-refractivity contribution in [1.29, 1.82) is 0 Å². The first-order valence-corrected chi connectivity index (χ1v) is 14.5. The monoisotopic (exact) mass is 605 g/mol. The average Bonchev–Trinajstić information content (AvgIpc) is 3.61. The molecule has 9 nitrogen and oxygen atoms in total. The van der Waals surface area contributed by atoms with E-state index < -0.39 is 36.0 Å². The maximum Gasteiger partial charge on any atom is 0.424 e. The zero-order valence-corrected chi connectivity index (χ0v) is 24.5. The number of rotatable bonds is 14. The number of aryl methyl sites for hydroxylation is 1. The van der Waals surface area contributed by atoms with Gasteiger partial charge in [0.1, 0.15) is 11.2 Å². The number of nitrogens with one attached hydrogen (secondary N) is 1. The van der Waals surface area contributed by atoms with Crippen molar-refractivity contribution < 1.29 is 32.2 Å². The van der Waals surface area contributed by atoms with E-state index in [0.717, 1.165) is 49.5 Å². The van der Waals surface area contributed by atoms with Gasteiger partial charge in [0.15, 0.2) is 0 Å². The van der Waals surface area contributed by atoms with E-state index in [0.29, 0.717) is 30.4 Å². The van der Waals surface area contributed by atoms with Gasteiger partial charge in [0, 0.05) is 23.5 Å². The number of hydrogen-bond donors (Lipinski definition) is 2. The number of halogens is 3. The van der Waals surface area contributed by atoms with E-state index in [-0.39, 0.29) is 22.9 Å². The van der Waals surface area contributed by atoms with Crippen LogP contribution in [0.3, 0.4) is 0 Å². The predicted molar refractivity (Wildman–Crippen MR) is 155 cm³/mol. The number of nitrogens with two attached hydrogens (primary N) is 1. The van der Waals surface area contributed by atoms with Crippen LogP contribution in [0, 0.1) is 5.95 Å². The number of aromatic amines is 1. The van der Waals surface area contributed by atoms with Gasteiger partial charge in [-0.1, -0.05) is 54.3 Å². The van der Waals surface area contributed by atoms with Crippen LogP contribution in [0.5, 0.6) is 0 Å². The first kappa shape index (κ1) is 31.4. The van der Waals surface area contributed by atoms with E-state index in [2.05, 4.69) is 21.9 Å². The highest BCUT2D eigenvalue weighted by Crippen LogP contribution is 2.40. The lowest BCUT2D eigenvalue weighted by Crippen LogP contribution is -2.36. The number of nitrogens with zero attached hydrogens (tertiary/aromatic N) is 3. The summed E-state index contributed by atoms with van der Waals surface area (Å²) in [5.74, 6) is -1.94. The molecule has 3 N–H and O–H groups in total. The fourth-order valence-electron chi connectivity index (χ4n) is 4.46. The molecular formula is C29H35F3N5O4P. The van der Waals surface area contributed by atoms with Crippen molar-refractivity contribution >= 4 is 32.9 Å². The van der Waals surface area contributed by atoms with Gasteiger partial charge in [-0.15, -0.1) is 0 Å². The van der Waals surface area contributed by atoms with Crippen LogP contribution in [-0.2, 0) is 26.4 Å². The molecule has 1 aliphatic rings. The molecular weight excluding hydrogens is 570 g/mol. The third kappa shape index (κ3) is 7.86. The lowest BCUT2D eigenvalue weighted by molar-refractivity contribution is -0.154. The van der Waals surface area contributed by atoms with Crippen LogP contribution in [-0.4, -0.2) is 39.3 Å². The number of carbonyl (C=O) groups excluding carboxylic acids is 2. The minimum atomic E-state index is -3.31. The van der Waals surface area contributed by atoms with E-state index >= 15 is 0 Å². The minimum Gasteiger partial charge on any atom is -0.426 e. The van der Waals surface area contributed by atoms with Crippen LogP contribution >= 0.6 is 9.24 Å². The number of pyridine rings is 1. The molecule has 0 aliphatic heterocycles. The van der Waals surface area contributed by atoms with Crippen LogP contribution in [0.25, 0.3) is 11.3 Å². The van der Waals surface area contributed by atoms with E-state index in [1.54, 1.807) is 12.1 Å². The van der Waals surface area contributed by atoms with Gasteiger partial charge in [-0.25, -0.2) is 19.5 Å². The van der Waals surface area contributed by atoms with E-state index in [1.165, 1.54) is 33.8 Å². The first-order valence-electron chi connectivity index (χ1n) is 13.9. The SMILES string of the molecule is CCCCCCCCc1ccc(N(C(=O)OCOC(=O)C2(N)CC2)c2nc(-c3cccnc3)c(F)[nH]2)cc1C(F)(F)P. The molecule has 1 unspecified atom stereocenters. The predicted octanol–water partition coefficient (Wildman–Crippen LogP) is 6.70. The Morgan fingerprint density at radius 2 is 1.88 bits per heavy atom. The van der Waals surface area contributed by atoms with Gasteiger partial charge >= 0.3 is 12.1 Å². The van der Waals surface area contributed by atoms with Crippen LogP contribution in [0.4, 0.5) is 29.6 Å². The fourth-order valence-corrected chi connectivity index (χ4v) is 4.73. The molecule has 0 bridgehead atoms. The van der Waals surface area contributed by atoms with E-state index in [1.807, 2.05) is 0 Å². The number of imidazole rings is 1. The van der Waals surface area contributed by atoms with Gasteiger partial charge in [-0.2, -0.15) is 13.2 Å². The summed E-state index contributed by atoms with van der Waals surface area (Å²) < 4.78 is 54.7. The van der Waals surface area contributed by atoms with Crippen LogP contribution in [0.2, 0.25) is 0 Å². The smallest absolute Gasteiger partial charge is 0.424 e. The molecule has 1 aliphatic carbocycles. The van der Waals surface area contributed by atoms with Gasteiger partial charge in [-0.05, 0) is 55.5 Å². The summed E-state index contributed by atoms with van der Waals surface area (Å²) in [6.45, 7) is 1.34. The molecule has 1 saturated carbocycles. The van der Waals surface area contributed by atoms with Crippen molar-refractivity contribution in [1.82, 2.24) is 15.0 Å². The highest BCUT2D eigenvalue weighted by Gasteiger charge is 2.47. The number of aromatic nitrogens is 3. The number of hydrogen-bond acceptors (Lipinski definition) is 7. The van der Waals surface area contributed by atoms with Gasteiger partial charge in [0.05, 0.1) is 5.69 Å². The number of H-pyrrole nitrogens is 1. The zero-order valence-electron chi connectivity index (χ0n) is 23.4. The number of carbonyl (C=O) groups is 2. The molecule has 1 aromatic carbocycles. The minimum absolute atomic E-state index is 0.0564. The molecule has 42 heavy (non-hydrogen) atoms. The third-order valence-corrected chi connectivity index (χ3v) is 7.37. The largest absolute Gasteiger partial charge is 0.426 e. The Kier molecular flexibility index (Phi) is 10.2. The first-order chi connectivity index (χ1) is 20.0. The summed E-state index contributed by atoms with van der Waals surface area (Å²) in [6.07, 6.45) is 9.09. The Morgan fingerprint density at radius 3 is 2.55 bits per heavy atom. The van der Waals surface area contributed by atoms with Gasteiger partial charge in [0.25, 0.3) is 5.66 Å². The Balaban J connectivity index is 1.62. The Hall–Kier alpha value is -3.50. The summed E-state index contributed by atoms with van der Waals surface area (Å²) in [6, 6.07) is 7.28. The lowest BCUT2D eigenvalue weighted by Gasteiger charge is -2.23. The highest BCUT2D eigenvalue weighted by molar-refractivity contribution is 7.17. The van der Waals surface area contributed by atoms with Crippen molar-refractivity contribution in [2.45, 2.75) is 75.9 Å². The molecule has 1 amide bonds. The van der Waals surface area contributed by atoms with Crippen LogP contribution < -0.4 is 10.6 Å². The number of alkyl halides is 2. The second-order valence-corrected chi connectivity index (χ2v) is 11.1. The number of anilines is 2. The Morgan fingerprint density at radius 1 is 1.14 bits per heavy atom. The standard InChI is InChI=1S/C29H35F3N5O4P/c1-2-3-4-5-6-7-9-19-11-12-21(16-22(19)29(31,32)42)37(27(39)41-18-40-25(38)28(33)13-14-28)26-35-23(24(30)36-26)20-10-8-15-34-17-20/h8,10-12,15-17H,2-7,9,13-14,18,33,42H2,1H3,(H,35,36).